The summed E-state index contributed by atoms with van der Waals surface area (Å²) in [6.45, 7) is 7.28. The molecule has 5 nitrogen and oxygen atoms in total. The van der Waals surface area contributed by atoms with E-state index in [0.717, 1.165) is 5.56 Å². The highest BCUT2D eigenvalue weighted by Gasteiger charge is 2.28. The van der Waals surface area contributed by atoms with Crippen LogP contribution in [-0.4, -0.2) is 34.9 Å². The van der Waals surface area contributed by atoms with Gasteiger partial charge in [-0.1, -0.05) is 30.3 Å². The molecule has 0 saturated heterocycles. The van der Waals surface area contributed by atoms with Gasteiger partial charge in [0.2, 0.25) is 5.91 Å². The molecule has 2 rings (SSSR count). The van der Waals surface area contributed by atoms with Gasteiger partial charge in [0.25, 0.3) is 5.91 Å². The zero-order valence-corrected chi connectivity index (χ0v) is 16.7. The number of rotatable bonds is 7. The van der Waals surface area contributed by atoms with E-state index in [2.05, 4.69) is 5.32 Å². The molecular formula is C22H27FN2O3. The molecule has 0 aliphatic carbocycles. The van der Waals surface area contributed by atoms with Gasteiger partial charge in [-0.25, -0.2) is 4.39 Å². The lowest BCUT2D eigenvalue weighted by Crippen LogP contribution is -2.53. The molecule has 2 aromatic carbocycles. The summed E-state index contributed by atoms with van der Waals surface area (Å²) < 4.78 is 18.8. The summed E-state index contributed by atoms with van der Waals surface area (Å²) >= 11 is 0. The Balaban J connectivity index is 2.15. The molecule has 0 aliphatic rings. The Morgan fingerprint density at radius 2 is 1.68 bits per heavy atom. The van der Waals surface area contributed by atoms with Crippen LogP contribution in [0.25, 0.3) is 0 Å². The van der Waals surface area contributed by atoms with Crippen LogP contribution >= 0.6 is 0 Å². The van der Waals surface area contributed by atoms with Crippen LogP contribution in [0.1, 0.15) is 33.3 Å². The minimum atomic E-state index is -0.712. The summed E-state index contributed by atoms with van der Waals surface area (Å²) in [7, 11) is 0. The summed E-state index contributed by atoms with van der Waals surface area (Å²) in [4.78, 5) is 26.9. The monoisotopic (exact) mass is 386 g/mol. The first kappa shape index (κ1) is 21.4. The van der Waals surface area contributed by atoms with Gasteiger partial charge in [0, 0.05) is 12.1 Å². The van der Waals surface area contributed by atoms with Crippen molar-refractivity contribution < 1.29 is 18.7 Å². The van der Waals surface area contributed by atoms with Crippen molar-refractivity contribution >= 4 is 11.8 Å². The Labute approximate surface area is 165 Å². The maximum Gasteiger partial charge on any atom is 0.261 e. The molecule has 0 unspecified atom stereocenters. The topological polar surface area (TPSA) is 58.6 Å². The standard InChI is InChI=1S/C22H27FN2O3/c1-16(21(27)24-22(2,3)4)25(14-17-10-12-18(23)13-11-17)20(26)15-28-19-8-6-5-7-9-19/h5-13,16H,14-15H2,1-4H3,(H,24,27)/t16-/m1/s1. The SMILES string of the molecule is C[C@H](C(=O)NC(C)(C)C)N(Cc1ccc(F)cc1)C(=O)COc1ccccc1. The predicted octanol–water partition coefficient (Wildman–Crippen LogP) is 3.54. The van der Waals surface area contributed by atoms with E-state index in [1.807, 2.05) is 39.0 Å². The molecule has 0 spiro atoms. The third-order valence-electron chi connectivity index (χ3n) is 4.04. The summed E-state index contributed by atoms with van der Waals surface area (Å²) in [5, 5.41) is 2.89. The van der Waals surface area contributed by atoms with Crippen LogP contribution in [0.2, 0.25) is 0 Å². The van der Waals surface area contributed by atoms with E-state index in [-0.39, 0.29) is 30.8 Å². The van der Waals surface area contributed by atoms with Crippen LogP contribution in [0.5, 0.6) is 5.75 Å². The first-order chi connectivity index (χ1) is 13.2. The molecule has 0 aliphatic heterocycles. The summed E-state index contributed by atoms with van der Waals surface area (Å²) in [6.07, 6.45) is 0. The summed E-state index contributed by atoms with van der Waals surface area (Å²) in [5.74, 6) is -0.371. The van der Waals surface area contributed by atoms with Gasteiger partial charge in [0.1, 0.15) is 17.6 Å². The summed E-state index contributed by atoms with van der Waals surface area (Å²) in [6, 6.07) is 14.2. The number of hydrogen-bond donors (Lipinski definition) is 1. The van der Waals surface area contributed by atoms with Crippen molar-refractivity contribution in [1.29, 1.82) is 0 Å². The highest BCUT2D eigenvalue weighted by Crippen LogP contribution is 2.14. The highest BCUT2D eigenvalue weighted by atomic mass is 19.1. The van der Waals surface area contributed by atoms with Crippen LogP contribution in [0, 0.1) is 5.82 Å². The molecule has 28 heavy (non-hydrogen) atoms. The lowest BCUT2D eigenvalue weighted by molar-refractivity contribution is -0.142. The third-order valence-corrected chi connectivity index (χ3v) is 4.04. The number of nitrogens with one attached hydrogen (secondary N) is 1. The van der Waals surface area contributed by atoms with E-state index in [0.29, 0.717) is 5.75 Å². The van der Waals surface area contributed by atoms with Gasteiger partial charge in [-0.3, -0.25) is 9.59 Å². The van der Waals surface area contributed by atoms with Crippen LogP contribution < -0.4 is 10.1 Å². The second-order valence-electron chi connectivity index (χ2n) is 7.67. The van der Waals surface area contributed by atoms with Crippen LogP contribution in [0.3, 0.4) is 0 Å². The summed E-state index contributed by atoms with van der Waals surface area (Å²) in [5.41, 5.74) is 0.307. The normalized spacial score (nSPS) is 12.2. The average molecular weight is 386 g/mol. The Bertz CT molecular complexity index is 786. The number of carbonyl (C=O) groups is 2. The number of para-hydroxylation sites is 1. The van der Waals surface area contributed by atoms with E-state index in [4.69, 9.17) is 4.74 Å². The smallest absolute Gasteiger partial charge is 0.261 e. The molecule has 0 saturated carbocycles. The van der Waals surface area contributed by atoms with Gasteiger partial charge >= 0.3 is 0 Å². The van der Waals surface area contributed by atoms with Gasteiger partial charge in [-0.15, -0.1) is 0 Å². The number of ether oxygens (including phenoxy) is 1. The maximum absolute atomic E-state index is 13.2. The number of benzene rings is 2. The molecule has 0 aromatic heterocycles. The third kappa shape index (κ3) is 6.68. The molecule has 0 bridgehead atoms. The fraction of sp³-hybridized carbons (Fsp3) is 0.364. The van der Waals surface area contributed by atoms with Crippen LogP contribution in [-0.2, 0) is 16.1 Å². The second-order valence-corrected chi connectivity index (χ2v) is 7.67. The molecule has 0 heterocycles. The van der Waals surface area contributed by atoms with E-state index in [1.54, 1.807) is 31.2 Å². The van der Waals surface area contributed by atoms with E-state index < -0.39 is 11.6 Å². The Kier molecular flexibility index (Phi) is 7.15. The van der Waals surface area contributed by atoms with Crippen molar-refractivity contribution in [2.75, 3.05) is 6.61 Å². The first-order valence-corrected chi connectivity index (χ1v) is 9.19. The molecular weight excluding hydrogens is 359 g/mol. The Morgan fingerprint density at radius 3 is 2.25 bits per heavy atom. The van der Waals surface area contributed by atoms with Crippen molar-refractivity contribution in [3.05, 3.63) is 66.0 Å². The number of hydrogen-bond acceptors (Lipinski definition) is 3. The lowest BCUT2D eigenvalue weighted by Gasteiger charge is -2.31. The van der Waals surface area contributed by atoms with E-state index in [1.165, 1.54) is 17.0 Å². The Morgan fingerprint density at radius 1 is 1.07 bits per heavy atom. The van der Waals surface area contributed by atoms with Gasteiger partial charge in [0.05, 0.1) is 0 Å². The quantitative estimate of drug-likeness (QED) is 0.792. The van der Waals surface area contributed by atoms with Gasteiger partial charge in [-0.05, 0) is 57.5 Å². The molecule has 0 fully saturated rings. The highest BCUT2D eigenvalue weighted by molar-refractivity contribution is 5.88. The van der Waals surface area contributed by atoms with Crippen LogP contribution in [0.15, 0.2) is 54.6 Å². The molecule has 150 valence electrons. The first-order valence-electron chi connectivity index (χ1n) is 9.19. The molecule has 2 aromatic rings. The molecule has 1 N–H and O–H groups in total. The molecule has 1 atom stereocenters. The van der Waals surface area contributed by atoms with Crippen molar-refractivity contribution in [1.82, 2.24) is 10.2 Å². The zero-order valence-electron chi connectivity index (χ0n) is 16.7. The lowest BCUT2D eigenvalue weighted by atomic mass is 10.1. The molecule has 2 amide bonds. The van der Waals surface area contributed by atoms with Gasteiger partial charge in [0.15, 0.2) is 6.61 Å². The number of amides is 2. The predicted molar refractivity (Wildman–Crippen MR) is 106 cm³/mol. The molecule has 6 heteroatoms. The van der Waals surface area contributed by atoms with Crippen molar-refractivity contribution in [2.45, 2.75) is 45.8 Å². The van der Waals surface area contributed by atoms with Gasteiger partial charge in [-0.2, -0.15) is 0 Å². The van der Waals surface area contributed by atoms with Crippen LogP contribution in [0.4, 0.5) is 4.39 Å². The maximum atomic E-state index is 13.2. The van der Waals surface area contributed by atoms with Gasteiger partial charge < -0.3 is 15.0 Å². The number of halogens is 1. The number of carbonyl (C=O) groups excluding carboxylic acids is 2. The fourth-order valence-electron chi connectivity index (χ4n) is 2.59. The largest absolute Gasteiger partial charge is 0.484 e. The Hall–Kier alpha value is -2.89. The zero-order chi connectivity index (χ0) is 20.7. The molecule has 0 radical (unpaired) electrons. The van der Waals surface area contributed by atoms with Crippen molar-refractivity contribution in [3.8, 4) is 5.75 Å². The number of nitrogens with zero attached hydrogens (tertiary/aromatic N) is 1. The second kappa shape index (κ2) is 9.35. The fourth-order valence-corrected chi connectivity index (χ4v) is 2.59. The average Bonchev–Trinajstić information content (AvgIpc) is 2.64. The van der Waals surface area contributed by atoms with E-state index in [9.17, 15) is 14.0 Å². The van der Waals surface area contributed by atoms with Crippen molar-refractivity contribution in [3.63, 3.8) is 0 Å². The minimum absolute atomic E-state index is 0.177. The minimum Gasteiger partial charge on any atom is -0.484 e. The van der Waals surface area contributed by atoms with E-state index >= 15 is 0 Å². The van der Waals surface area contributed by atoms with Crippen molar-refractivity contribution in [2.24, 2.45) is 0 Å².